The second-order valence-electron chi connectivity index (χ2n) is 3.99. The van der Waals surface area contributed by atoms with E-state index in [0.29, 0.717) is 4.90 Å². The summed E-state index contributed by atoms with van der Waals surface area (Å²) in [6.07, 6.45) is 0. The van der Waals surface area contributed by atoms with E-state index < -0.39 is 5.82 Å². The molecule has 0 saturated carbocycles. The van der Waals surface area contributed by atoms with Crippen molar-refractivity contribution in [2.75, 3.05) is 12.9 Å². The van der Waals surface area contributed by atoms with Crippen molar-refractivity contribution in [2.45, 2.75) is 4.90 Å². The third kappa shape index (κ3) is 3.36. The molecule has 0 amide bonds. The Hall–Kier alpha value is -1.88. The van der Waals surface area contributed by atoms with Crippen LogP contribution in [0.3, 0.4) is 0 Å². The Balaban J connectivity index is 2.09. The van der Waals surface area contributed by atoms with E-state index >= 15 is 0 Å². The largest absolute Gasteiger partial charge is 0.494 e. The fraction of sp³-hybridized carbons (Fsp3) is 0.133. The molecule has 0 radical (unpaired) electrons. The number of benzene rings is 2. The van der Waals surface area contributed by atoms with Crippen molar-refractivity contribution in [3.8, 4) is 5.75 Å². The molecule has 0 bridgehead atoms. The molecule has 0 aromatic heterocycles. The summed E-state index contributed by atoms with van der Waals surface area (Å²) in [5.41, 5.74) is -0.0201. The monoisotopic (exact) mass is 294 g/mol. The van der Waals surface area contributed by atoms with Gasteiger partial charge in [0.05, 0.1) is 18.4 Å². The van der Waals surface area contributed by atoms with Crippen molar-refractivity contribution in [1.29, 1.82) is 0 Å². The van der Waals surface area contributed by atoms with E-state index in [4.69, 9.17) is 4.74 Å². The molecule has 0 aliphatic heterocycles. The van der Waals surface area contributed by atoms with Crippen LogP contribution in [0.25, 0.3) is 0 Å². The number of hydrogen-bond acceptors (Lipinski definition) is 3. The third-order valence-corrected chi connectivity index (χ3v) is 3.64. The van der Waals surface area contributed by atoms with Crippen molar-refractivity contribution < 1.29 is 18.3 Å². The van der Waals surface area contributed by atoms with Gasteiger partial charge in [0.2, 0.25) is 0 Å². The first-order chi connectivity index (χ1) is 9.61. The predicted octanol–water partition coefficient (Wildman–Crippen LogP) is 3.95. The maximum absolute atomic E-state index is 13.9. The molecule has 0 atom stereocenters. The minimum absolute atomic E-state index is 0.0201. The lowest BCUT2D eigenvalue weighted by molar-refractivity contribution is 0.101. The summed E-state index contributed by atoms with van der Waals surface area (Å²) in [7, 11) is 1.34. The highest BCUT2D eigenvalue weighted by Gasteiger charge is 2.15. The summed E-state index contributed by atoms with van der Waals surface area (Å²) >= 11 is 1.16. The first-order valence-electron chi connectivity index (χ1n) is 5.86. The van der Waals surface area contributed by atoms with E-state index in [1.165, 1.54) is 31.4 Å². The molecular formula is C15H12F2O2S. The second-order valence-corrected chi connectivity index (χ2v) is 5.04. The van der Waals surface area contributed by atoms with E-state index in [0.717, 1.165) is 11.8 Å². The molecule has 5 heteroatoms. The Bertz CT molecular complexity index is 629. The summed E-state index contributed by atoms with van der Waals surface area (Å²) in [5, 5.41) is 0. The molecule has 2 aromatic carbocycles. The standard InChI is InChI=1S/C15H12F2O2S/c1-19-14-7-3-6-12(15(14)17)13(18)9-20-11-5-2-4-10(16)8-11/h2-8H,9H2,1H3. The average Bonchev–Trinajstić information content (AvgIpc) is 2.45. The first kappa shape index (κ1) is 14.5. The van der Waals surface area contributed by atoms with E-state index in [-0.39, 0.29) is 28.7 Å². The number of carbonyl (C=O) groups excluding carboxylic acids is 1. The lowest BCUT2D eigenvalue weighted by atomic mass is 10.1. The molecule has 0 heterocycles. The van der Waals surface area contributed by atoms with Crippen molar-refractivity contribution >= 4 is 17.5 Å². The van der Waals surface area contributed by atoms with Gasteiger partial charge in [0.15, 0.2) is 17.3 Å². The van der Waals surface area contributed by atoms with Gasteiger partial charge in [-0.2, -0.15) is 0 Å². The Morgan fingerprint density at radius 1 is 1.20 bits per heavy atom. The highest BCUT2D eigenvalue weighted by Crippen LogP contribution is 2.24. The summed E-state index contributed by atoms with van der Waals surface area (Å²) in [6.45, 7) is 0. The predicted molar refractivity (Wildman–Crippen MR) is 74.4 cm³/mol. The summed E-state index contributed by atoms with van der Waals surface area (Å²) in [6, 6.07) is 10.3. The van der Waals surface area contributed by atoms with Gasteiger partial charge in [0.25, 0.3) is 0 Å². The zero-order valence-corrected chi connectivity index (χ0v) is 11.5. The van der Waals surface area contributed by atoms with Crippen LogP contribution in [0.15, 0.2) is 47.4 Å². The van der Waals surface area contributed by atoms with Crippen LogP contribution in [-0.4, -0.2) is 18.6 Å². The van der Waals surface area contributed by atoms with Crippen LogP contribution in [0.2, 0.25) is 0 Å². The number of thioether (sulfide) groups is 1. The SMILES string of the molecule is COc1cccc(C(=O)CSc2cccc(F)c2)c1F. The van der Waals surface area contributed by atoms with Crippen LogP contribution in [0.1, 0.15) is 10.4 Å². The Kier molecular flexibility index (Phi) is 4.74. The fourth-order valence-electron chi connectivity index (χ4n) is 1.67. The van der Waals surface area contributed by atoms with Gasteiger partial charge in [0, 0.05) is 4.90 Å². The van der Waals surface area contributed by atoms with Crippen LogP contribution in [0.4, 0.5) is 8.78 Å². The summed E-state index contributed by atoms with van der Waals surface area (Å²) < 4.78 is 31.7. The number of halogens is 2. The molecular weight excluding hydrogens is 282 g/mol. The molecule has 2 rings (SSSR count). The second kappa shape index (κ2) is 6.52. The van der Waals surface area contributed by atoms with Gasteiger partial charge >= 0.3 is 0 Å². The third-order valence-electron chi connectivity index (χ3n) is 2.65. The fourth-order valence-corrected chi connectivity index (χ4v) is 2.49. The molecule has 20 heavy (non-hydrogen) atoms. The topological polar surface area (TPSA) is 26.3 Å². The van der Waals surface area contributed by atoms with Crippen LogP contribution < -0.4 is 4.74 Å². The van der Waals surface area contributed by atoms with Crippen LogP contribution in [-0.2, 0) is 0 Å². The molecule has 0 unspecified atom stereocenters. The lowest BCUT2D eigenvalue weighted by Crippen LogP contribution is -2.06. The number of Topliss-reactive ketones (excluding diaryl/α,β-unsaturated/α-hetero) is 1. The van der Waals surface area contributed by atoms with Crippen molar-refractivity contribution in [3.05, 3.63) is 59.7 Å². The van der Waals surface area contributed by atoms with Crippen LogP contribution in [0, 0.1) is 11.6 Å². The minimum atomic E-state index is -0.667. The van der Waals surface area contributed by atoms with E-state index in [9.17, 15) is 13.6 Å². The number of hydrogen-bond donors (Lipinski definition) is 0. The van der Waals surface area contributed by atoms with Gasteiger partial charge in [-0.15, -0.1) is 11.8 Å². The number of rotatable bonds is 5. The van der Waals surface area contributed by atoms with Crippen molar-refractivity contribution in [3.63, 3.8) is 0 Å². The molecule has 0 aliphatic rings. The summed E-state index contributed by atoms with van der Waals surface area (Å²) in [5.74, 6) is -1.33. The first-order valence-corrected chi connectivity index (χ1v) is 6.84. The van der Waals surface area contributed by atoms with Gasteiger partial charge in [-0.1, -0.05) is 12.1 Å². The number of methoxy groups -OCH3 is 1. The number of carbonyl (C=O) groups is 1. The molecule has 2 nitrogen and oxygen atoms in total. The van der Waals surface area contributed by atoms with Gasteiger partial charge in [-0.25, -0.2) is 8.78 Å². The van der Waals surface area contributed by atoms with Gasteiger partial charge in [0.1, 0.15) is 5.82 Å². The molecule has 2 aromatic rings. The van der Waals surface area contributed by atoms with Crippen LogP contribution >= 0.6 is 11.8 Å². The Morgan fingerprint density at radius 3 is 2.65 bits per heavy atom. The maximum atomic E-state index is 13.9. The lowest BCUT2D eigenvalue weighted by Gasteiger charge is -2.06. The van der Waals surface area contributed by atoms with Crippen molar-refractivity contribution in [1.82, 2.24) is 0 Å². The van der Waals surface area contributed by atoms with Crippen molar-refractivity contribution in [2.24, 2.45) is 0 Å². The Labute approximate surface area is 119 Å². The minimum Gasteiger partial charge on any atom is -0.494 e. The van der Waals surface area contributed by atoms with Crippen LogP contribution in [0.5, 0.6) is 5.75 Å². The quantitative estimate of drug-likeness (QED) is 0.617. The molecule has 0 fully saturated rings. The number of ether oxygens (including phenoxy) is 1. The number of ketones is 1. The van der Waals surface area contributed by atoms with E-state index in [2.05, 4.69) is 0 Å². The average molecular weight is 294 g/mol. The van der Waals surface area contributed by atoms with E-state index in [1.807, 2.05) is 0 Å². The molecule has 0 saturated heterocycles. The van der Waals surface area contributed by atoms with Gasteiger partial charge in [-0.05, 0) is 30.3 Å². The smallest absolute Gasteiger partial charge is 0.176 e. The normalized spacial score (nSPS) is 10.3. The Morgan fingerprint density at radius 2 is 1.95 bits per heavy atom. The molecule has 0 N–H and O–H groups in total. The highest BCUT2D eigenvalue weighted by atomic mass is 32.2. The highest BCUT2D eigenvalue weighted by molar-refractivity contribution is 8.00. The zero-order chi connectivity index (χ0) is 14.5. The summed E-state index contributed by atoms with van der Waals surface area (Å²) in [4.78, 5) is 12.6. The molecule has 0 aliphatic carbocycles. The molecule has 104 valence electrons. The van der Waals surface area contributed by atoms with Gasteiger partial charge in [-0.3, -0.25) is 4.79 Å². The van der Waals surface area contributed by atoms with Gasteiger partial charge < -0.3 is 4.74 Å². The maximum Gasteiger partial charge on any atom is 0.176 e. The molecule has 0 spiro atoms. The van der Waals surface area contributed by atoms with E-state index in [1.54, 1.807) is 18.2 Å². The zero-order valence-electron chi connectivity index (χ0n) is 10.7.